The minimum atomic E-state index is -1.97. The second kappa shape index (κ2) is 5.85. The Labute approximate surface area is 165 Å². The maximum absolute atomic E-state index is 13.8. The van der Waals surface area contributed by atoms with Crippen LogP contribution in [0.15, 0.2) is 47.0 Å². The van der Waals surface area contributed by atoms with Crippen LogP contribution < -0.4 is 5.73 Å². The molecular weight excluding hydrogens is 378 g/mol. The Hall–Kier alpha value is -3.80. The lowest BCUT2D eigenvalue weighted by Gasteiger charge is -2.40. The number of nitrogens with zero attached hydrogens (tertiary/aromatic N) is 2. The van der Waals surface area contributed by atoms with Crippen LogP contribution in [0.4, 0.5) is 0 Å². The van der Waals surface area contributed by atoms with E-state index in [1.54, 1.807) is 31.2 Å². The zero-order valence-corrected chi connectivity index (χ0v) is 15.9. The van der Waals surface area contributed by atoms with E-state index in [1.165, 1.54) is 4.90 Å². The van der Waals surface area contributed by atoms with Crippen LogP contribution in [-0.2, 0) is 29.5 Å². The van der Waals surface area contributed by atoms with Gasteiger partial charge in [0, 0.05) is 17.7 Å². The Kier molecular flexibility index (Phi) is 3.74. The van der Waals surface area contributed by atoms with Crippen LogP contribution in [0.25, 0.3) is 0 Å². The van der Waals surface area contributed by atoms with Crippen molar-refractivity contribution in [3.05, 3.63) is 58.1 Å². The van der Waals surface area contributed by atoms with Crippen LogP contribution in [0, 0.1) is 16.7 Å². The fraction of sp³-hybridized carbons (Fsp3) is 0.300. The number of rotatable bonds is 3. The molecule has 9 heteroatoms. The van der Waals surface area contributed by atoms with Gasteiger partial charge in [-0.3, -0.25) is 4.79 Å². The Bertz CT molecular complexity index is 1100. The average Bonchev–Trinajstić information content (AvgIpc) is 3.23. The van der Waals surface area contributed by atoms with E-state index in [-0.39, 0.29) is 34.8 Å². The van der Waals surface area contributed by atoms with E-state index in [0.29, 0.717) is 5.56 Å². The largest absolute Gasteiger partial charge is 0.466 e. The van der Waals surface area contributed by atoms with Crippen molar-refractivity contribution < 1.29 is 28.6 Å². The molecule has 1 aromatic carbocycles. The zero-order valence-electron chi connectivity index (χ0n) is 15.9. The summed E-state index contributed by atoms with van der Waals surface area (Å²) in [6.07, 6.45) is 0. The molecule has 2 aliphatic heterocycles. The van der Waals surface area contributed by atoms with Crippen molar-refractivity contribution in [2.24, 2.45) is 11.1 Å². The number of carbonyl (C=O) groups excluding carboxylic acids is 3. The number of ether oxygens (including phenoxy) is 3. The number of nitriles is 1. The number of benzene rings is 1. The Morgan fingerprint density at radius 1 is 1.24 bits per heavy atom. The molecule has 0 spiro atoms. The van der Waals surface area contributed by atoms with Gasteiger partial charge in [0.15, 0.2) is 11.2 Å². The number of fused-ring (bicyclic) bond motifs is 1. The molecule has 0 radical (unpaired) electrons. The monoisotopic (exact) mass is 395 g/mol. The molecule has 2 N–H and O–H groups in total. The maximum atomic E-state index is 13.8. The topological polar surface area (TPSA) is 132 Å². The number of carbonyl (C=O) groups is 3. The van der Waals surface area contributed by atoms with Crippen LogP contribution in [0.2, 0.25) is 0 Å². The van der Waals surface area contributed by atoms with Crippen LogP contribution in [0.5, 0.6) is 0 Å². The molecule has 0 saturated heterocycles. The molecule has 0 saturated carbocycles. The predicted molar refractivity (Wildman–Crippen MR) is 96.2 cm³/mol. The molecule has 9 nitrogen and oxygen atoms in total. The summed E-state index contributed by atoms with van der Waals surface area (Å²) in [4.78, 5) is 40.9. The summed E-state index contributed by atoms with van der Waals surface area (Å²) in [6, 6.07) is 8.53. The van der Waals surface area contributed by atoms with E-state index in [2.05, 4.69) is 0 Å². The van der Waals surface area contributed by atoms with Gasteiger partial charge < -0.3 is 24.8 Å². The molecule has 0 bridgehead atoms. The lowest BCUT2D eigenvalue weighted by Crippen LogP contribution is -2.52. The smallest absolute Gasteiger partial charge is 0.355 e. The van der Waals surface area contributed by atoms with Crippen LogP contribution >= 0.6 is 0 Å². The number of hydrogen-bond donors (Lipinski definition) is 1. The standard InChI is InChI=1S/C20H17N3O6/c1-4-23-14(18(26)28-3)13(17(25)27-2)19-12(9-21)16(22)29-20(19,23)11-8-6-5-7-10(11)15(19)24/h5-8H,4,22H2,1-3H3/t19-,20-/m1/s1. The molecule has 0 aromatic heterocycles. The first kappa shape index (κ1) is 18.6. The number of esters is 2. The van der Waals surface area contributed by atoms with Crippen molar-refractivity contribution in [3.8, 4) is 6.07 Å². The van der Waals surface area contributed by atoms with Crippen LogP contribution in [0.3, 0.4) is 0 Å². The third-order valence-corrected chi connectivity index (χ3v) is 5.72. The quantitative estimate of drug-likeness (QED) is 0.734. The van der Waals surface area contributed by atoms with Gasteiger partial charge in [0.05, 0.1) is 19.8 Å². The molecule has 0 amide bonds. The van der Waals surface area contributed by atoms with Gasteiger partial charge >= 0.3 is 11.9 Å². The van der Waals surface area contributed by atoms with E-state index in [9.17, 15) is 19.6 Å². The second-order valence-corrected chi connectivity index (χ2v) is 6.67. The van der Waals surface area contributed by atoms with E-state index in [1.807, 2.05) is 6.07 Å². The molecule has 29 heavy (non-hydrogen) atoms. The van der Waals surface area contributed by atoms with Gasteiger partial charge in [-0.2, -0.15) is 5.26 Å². The van der Waals surface area contributed by atoms with Gasteiger partial charge in [-0.15, -0.1) is 0 Å². The highest BCUT2D eigenvalue weighted by molar-refractivity contribution is 6.19. The highest BCUT2D eigenvalue weighted by Gasteiger charge is 2.81. The fourth-order valence-corrected chi connectivity index (χ4v) is 4.81. The van der Waals surface area contributed by atoms with Crippen molar-refractivity contribution in [1.82, 2.24) is 4.90 Å². The third-order valence-electron chi connectivity index (χ3n) is 5.72. The Morgan fingerprint density at radius 2 is 1.90 bits per heavy atom. The van der Waals surface area contributed by atoms with Gasteiger partial charge in [-0.05, 0) is 6.92 Å². The van der Waals surface area contributed by atoms with Gasteiger partial charge in [0.1, 0.15) is 17.3 Å². The minimum absolute atomic E-state index is 0.153. The van der Waals surface area contributed by atoms with E-state index < -0.39 is 28.9 Å². The molecular formula is C20H17N3O6. The number of methoxy groups -OCH3 is 2. The zero-order chi connectivity index (χ0) is 21.1. The predicted octanol–water partition coefficient (Wildman–Crippen LogP) is 0.682. The maximum Gasteiger partial charge on any atom is 0.355 e. The van der Waals surface area contributed by atoms with Gasteiger partial charge in [-0.1, -0.05) is 24.3 Å². The summed E-state index contributed by atoms with van der Waals surface area (Å²) in [6.45, 7) is 1.87. The fourth-order valence-electron chi connectivity index (χ4n) is 4.81. The molecule has 2 heterocycles. The van der Waals surface area contributed by atoms with Crippen molar-refractivity contribution in [3.63, 3.8) is 0 Å². The highest BCUT2D eigenvalue weighted by Crippen LogP contribution is 2.70. The third kappa shape index (κ3) is 1.72. The van der Waals surface area contributed by atoms with Crippen molar-refractivity contribution in [2.45, 2.75) is 12.6 Å². The molecule has 4 rings (SSSR count). The van der Waals surface area contributed by atoms with Gasteiger partial charge in [-0.25, -0.2) is 9.59 Å². The molecule has 1 aromatic rings. The number of ketones is 1. The van der Waals surface area contributed by atoms with E-state index >= 15 is 0 Å². The normalized spacial score (nSPS) is 26.6. The molecule has 0 unspecified atom stereocenters. The summed E-state index contributed by atoms with van der Waals surface area (Å²) in [5.74, 6) is -2.65. The summed E-state index contributed by atoms with van der Waals surface area (Å²) >= 11 is 0. The van der Waals surface area contributed by atoms with E-state index in [0.717, 1.165) is 14.2 Å². The number of Topliss-reactive ketones (excluding diaryl/α,β-unsaturated/α-hetero) is 1. The molecule has 2 atom stereocenters. The first-order valence-corrected chi connectivity index (χ1v) is 8.81. The first-order chi connectivity index (χ1) is 13.9. The first-order valence-electron chi connectivity index (χ1n) is 8.81. The van der Waals surface area contributed by atoms with E-state index in [4.69, 9.17) is 19.9 Å². The second-order valence-electron chi connectivity index (χ2n) is 6.67. The lowest BCUT2D eigenvalue weighted by atomic mass is 9.68. The molecule has 3 aliphatic rings. The average molecular weight is 395 g/mol. The highest BCUT2D eigenvalue weighted by atomic mass is 16.6. The SMILES string of the molecule is CCN1C(C(=O)OC)=C(C(=O)OC)[C@]23C(=O)c4ccccc4[C@]12OC(N)=C3C#N. The summed E-state index contributed by atoms with van der Waals surface area (Å²) in [5, 5.41) is 9.90. The number of likely N-dealkylation sites (N-methyl/N-ethyl adjacent to an activating group) is 1. The lowest BCUT2D eigenvalue weighted by molar-refractivity contribution is -0.148. The molecule has 1 aliphatic carbocycles. The summed E-state index contributed by atoms with van der Waals surface area (Å²) in [7, 11) is 2.28. The van der Waals surface area contributed by atoms with Crippen molar-refractivity contribution in [1.29, 1.82) is 5.26 Å². The molecule has 148 valence electrons. The number of hydrogen-bond acceptors (Lipinski definition) is 9. The Balaban J connectivity index is 2.23. The molecule has 0 fully saturated rings. The minimum Gasteiger partial charge on any atom is -0.466 e. The van der Waals surface area contributed by atoms with Crippen molar-refractivity contribution in [2.75, 3.05) is 20.8 Å². The van der Waals surface area contributed by atoms with Crippen LogP contribution in [0.1, 0.15) is 22.8 Å². The Morgan fingerprint density at radius 3 is 2.48 bits per heavy atom. The van der Waals surface area contributed by atoms with Gasteiger partial charge in [0.25, 0.3) is 0 Å². The summed E-state index contributed by atoms with van der Waals surface area (Å²) in [5.41, 5.74) is 2.29. The van der Waals surface area contributed by atoms with Crippen molar-refractivity contribution >= 4 is 17.7 Å². The summed E-state index contributed by atoms with van der Waals surface area (Å²) < 4.78 is 15.8. The number of nitrogens with two attached hydrogens (primary N) is 1. The van der Waals surface area contributed by atoms with Crippen LogP contribution in [-0.4, -0.2) is 43.4 Å². The van der Waals surface area contributed by atoms with Gasteiger partial charge in [0.2, 0.25) is 11.6 Å².